The molecule has 6 nitrogen and oxygen atoms in total. The molecular weight excluding hydrogens is 414 g/mol. The van der Waals surface area contributed by atoms with Crippen molar-refractivity contribution < 1.29 is 9.53 Å². The van der Waals surface area contributed by atoms with Crippen LogP contribution in [0.3, 0.4) is 0 Å². The van der Waals surface area contributed by atoms with E-state index in [1.165, 1.54) is 9.47 Å². The first-order chi connectivity index (χ1) is 14.5. The van der Waals surface area contributed by atoms with Crippen LogP contribution in [0, 0.1) is 0 Å². The molecule has 0 saturated heterocycles. The van der Waals surface area contributed by atoms with E-state index in [1.807, 2.05) is 31.2 Å². The van der Waals surface area contributed by atoms with E-state index in [-0.39, 0.29) is 24.0 Å². The lowest BCUT2D eigenvalue weighted by molar-refractivity contribution is 0.0579. The predicted octanol–water partition coefficient (Wildman–Crippen LogP) is 5.92. The third kappa shape index (κ3) is 4.74. The molecule has 0 radical (unpaired) electrons. The van der Waals surface area contributed by atoms with Gasteiger partial charge in [-0.25, -0.2) is 19.2 Å². The number of fused-ring (bicyclic) bond motifs is 1. The Balaban J connectivity index is 2.34. The molecule has 2 aromatic carbocycles. The van der Waals surface area contributed by atoms with Gasteiger partial charge in [-0.1, -0.05) is 43.6 Å². The van der Waals surface area contributed by atoms with Gasteiger partial charge in [0.25, 0.3) is 5.56 Å². The van der Waals surface area contributed by atoms with Gasteiger partial charge in [-0.15, -0.1) is 0 Å². The second-order valence-electron chi connectivity index (χ2n) is 8.66. The van der Waals surface area contributed by atoms with Crippen LogP contribution in [0.2, 0.25) is 5.02 Å². The van der Waals surface area contributed by atoms with Crippen LogP contribution < -0.4 is 10.5 Å². The van der Waals surface area contributed by atoms with Gasteiger partial charge in [-0.05, 0) is 63.4 Å². The van der Waals surface area contributed by atoms with E-state index in [2.05, 4.69) is 18.8 Å². The molecule has 0 spiro atoms. The van der Waals surface area contributed by atoms with Crippen LogP contribution in [-0.2, 0) is 4.74 Å². The Morgan fingerprint density at radius 2 is 1.87 bits per heavy atom. The van der Waals surface area contributed by atoms with Crippen LogP contribution >= 0.6 is 11.6 Å². The summed E-state index contributed by atoms with van der Waals surface area (Å²) in [5.41, 5.74) is 1.07. The first-order valence-corrected chi connectivity index (χ1v) is 10.7. The second-order valence-corrected chi connectivity index (χ2v) is 9.07. The molecule has 1 aromatic heterocycles. The van der Waals surface area contributed by atoms with Crippen molar-refractivity contribution in [1.82, 2.24) is 9.55 Å². The number of anilines is 1. The first kappa shape index (κ1) is 22.8. The maximum atomic E-state index is 13.6. The van der Waals surface area contributed by atoms with Crippen molar-refractivity contribution in [1.29, 1.82) is 0 Å². The van der Waals surface area contributed by atoms with Crippen molar-refractivity contribution >= 4 is 34.5 Å². The third-order valence-electron chi connectivity index (χ3n) is 4.80. The van der Waals surface area contributed by atoms with Crippen molar-refractivity contribution in [2.45, 2.75) is 53.1 Å². The van der Waals surface area contributed by atoms with E-state index >= 15 is 0 Å². The largest absolute Gasteiger partial charge is 0.443 e. The minimum Gasteiger partial charge on any atom is -0.443 e. The van der Waals surface area contributed by atoms with Gasteiger partial charge in [0.1, 0.15) is 5.60 Å². The molecule has 0 fully saturated rings. The summed E-state index contributed by atoms with van der Waals surface area (Å²) in [4.78, 5) is 32.7. The van der Waals surface area contributed by atoms with Crippen molar-refractivity contribution in [2.24, 2.45) is 0 Å². The number of carbonyl (C=O) groups is 1. The predicted molar refractivity (Wildman–Crippen MR) is 126 cm³/mol. The average Bonchev–Trinajstić information content (AvgIpc) is 2.67. The molecule has 31 heavy (non-hydrogen) atoms. The molecule has 0 bridgehead atoms. The summed E-state index contributed by atoms with van der Waals surface area (Å²) in [5.74, 6) is 0.460. The lowest BCUT2D eigenvalue weighted by Gasteiger charge is -2.27. The highest BCUT2D eigenvalue weighted by atomic mass is 35.5. The zero-order chi connectivity index (χ0) is 22.9. The van der Waals surface area contributed by atoms with Crippen LogP contribution in [-0.4, -0.2) is 27.8 Å². The Labute approximate surface area is 187 Å². The quantitative estimate of drug-likeness (QED) is 0.503. The van der Waals surface area contributed by atoms with Crippen LogP contribution in [0.4, 0.5) is 10.7 Å². The van der Waals surface area contributed by atoms with E-state index in [1.54, 1.807) is 39.0 Å². The number of aromatic nitrogens is 2. The molecule has 0 aliphatic rings. The first-order valence-electron chi connectivity index (χ1n) is 10.4. The SMILES string of the molecule is CCN(C(=O)OC(C)(C)C)c1nc2cccc(Cl)c2c(=O)n1-c1cccc(C(C)C)c1. The van der Waals surface area contributed by atoms with E-state index in [0.717, 1.165) is 5.56 Å². The molecule has 3 rings (SSSR count). The Kier molecular flexibility index (Phi) is 6.41. The molecule has 1 heterocycles. The molecule has 7 heteroatoms. The van der Waals surface area contributed by atoms with E-state index in [0.29, 0.717) is 21.6 Å². The van der Waals surface area contributed by atoms with Crippen molar-refractivity contribution in [3.63, 3.8) is 0 Å². The maximum absolute atomic E-state index is 13.6. The average molecular weight is 442 g/mol. The summed E-state index contributed by atoms with van der Waals surface area (Å²) in [6.07, 6.45) is -0.572. The molecule has 0 aliphatic carbocycles. The van der Waals surface area contributed by atoms with Gasteiger partial charge in [-0.2, -0.15) is 0 Å². The Morgan fingerprint density at radius 3 is 2.48 bits per heavy atom. The van der Waals surface area contributed by atoms with Crippen LogP contribution in [0.15, 0.2) is 47.3 Å². The molecular formula is C24H28ClN3O3. The molecule has 0 unspecified atom stereocenters. The fourth-order valence-electron chi connectivity index (χ4n) is 3.28. The number of halogens is 1. The Morgan fingerprint density at radius 1 is 1.19 bits per heavy atom. The lowest BCUT2D eigenvalue weighted by Crippen LogP contribution is -2.40. The van der Waals surface area contributed by atoms with Crippen LogP contribution in [0.5, 0.6) is 0 Å². The van der Waals surface area contributed by atoms with Crippen molar-refractivity contribution in [2.75, 3.05) is 11.4 Å². The Bertz CT molecular complexity index is 1180. The van der Waals surface area contributed by atoms with Crippen molar-refractivity contribution in [3.8, 4) is 5.69 Å². The third-order valence-corrected chi connectivity index (χ3v) is 5.11. The van der Waals surface area contributed by atoms with Crippen LogP contribution in [0.25, 0.3) is 16.6 Å². The van der Waals surface area contributed by atoms with Crippen LogP contribution in [0.1, 0.15) is 53.0 Å². The standard InChI is InChI=1S/C24H28ClN3O3/c1-7-27(23(30)31-24(4,5)6)22-26-19-13-9-12-18(25)20(19)21(29)28(22)17-11-8-10-16(14-17)15(2)3/h8-15H,7H2,1-6H3. The number of hydrogen-bond acceptors (Lipinski definition) is 4. The monoisotopic (exact) mass is 441 g/mol. The maximum Gasteiger partial charge on any atom is 0.417 e. The highest BCUT2D eigenvalue weighted by Gasteiger charge is 2.27. The van der Waals surface area contributed by atoms with E-state index in [4.69, 9.17) is 16.3 Å². The normalized spacial score (nSPS) is 11.7. The topological polar surface area (TPSA) is 64.4 Å². The van der Waals surface area contributed by atoms with Gasteiger partial charge >= 0.3 is 6.09 Å². The van der Waals surface area contributed by atoms with Crippen molar-refractivity contribution in [3.05, 3.63) is 63.4 Å². The van der Waals surface area contributed by atoms with Gasteiger partial charge < -0.3 is 4.74 Å². The summed E-state index contributed by atoms with van der Waals surface area (Å²) >= 11 is 6.36. The molecule has 0 saturated carbocycles. The molecule has 0 atom stereocenters. The fourth-order valence-corrected chi connectivity index (χ4v) is 3.53. The number of nitrogens with zero attached hydrogens (tertiary/aromatic N) is 3. The summed E-state index contributed by atoms with van der Waals surface area (Å²) in [6.45, 7) is 11.6. The molecule has 3 aromatic rings. The lowest BCUT2D eigenvalue weighted by atomic mass is 10.0. The minimum atomic E-state index is -0.687. The number of hydrogen-bond donors (Lipinski definition) is 0. The molecule has 0 N–H and O–H groups in total. The van der Waals surface area contributed by atoms with Gasteiger partial charge in [0.05, 0.1) is 21.6 Å². The highest BCUT2D eigenvalue weighted by molar-refractivity contribution is 6.35. The highest BCUT2D eigenvalue weighted by Crippen LogP contribution is 2.26. The Hall–Kier alpha value is -2.86. The number of rotatable bonds is 4. The minimum absolute atomic E-state index is 0.192. The van der Waals surface area contributed by atoms with Gasteiger partial charge in [0.2, 0.25) is 5.95 Å². The van der Waals surface area contributed by atoms with E-state index < -0.39 is 11.7 Å². The zero-order valence-corrected chi connectivity index (χ0v) is 19.5. The van der Waals surface area contributed by atoms with Gasteiger partial charge in [0, 0.05) is 6.54 Å². The summed E-state index contributed by atoms with van der Waals surface area (Å²) in [6, 6.07) is 12.8. The molecule has 164 valence electrons. The molecule has 0 aliphatic heterocycles. The fraction of sp³-hybridized carbons (Fsp3) is 0.375. The smallest absolute Gasteiger partial charge is 0.417 e. The summed E-state index contributed by atoms with van der Waals surface area (Å²) in [7, 11) is 0. The van der Waals surface area contributed by atoms with E-state index in [9.17, 15) is 9.59 Å². The molecule has 1 amide bonds. The summed E-state index contributed by atoms with van der Waals surface area (Å²) < 4.78 is 7.02. The number of carbonyl (C=O) groups excluding carboxylic acids is 1. The number of amides is 1. The second kappa shape index (κ2) is 8.71. The number of benzene rings is 2. The van der Waals surface area contributed by atoms with Gasteiger partial charge in [-0.3, -0.25) is 4.79 Å². The zero-order valence-electron chi connectivity index (χ0n) is 18.8. The van der Waals surface area contributed by atoms with Gasteiger partial charge in [0.15, 0.2) is 0 Å². The number of ether oxygens (including phenoxy) is 1. The summed E-state index contributed by atoms with van der Waals surface area (Å²) in [5, 5.41) is 0.624.